The summed E-state index contributed by atoms with van der Waals surface area (Å²) in [5.74, 6) is -0.321. The van der Waals surface area contributed by atoms with Gasteiger partial charge in [0.25, 0.3) is 11.8 Å². The maximum atomic E-state index is 12.9. The highest BCUT2D eigenvalue weighted by Gasteiger charge is 2.26. The second-order valence-corrected chi connectivity index (χ2v) is 8.48. The van der Waals surface area contributed by atoms with Crippen LogP contribution in [-0.2, 0) is 12.8 Å². The van der Waals surface area contributed by atoms with E-state index in [-0.39, 0.29) is 11.8 Å². The molecule has 0 bridgehead atoms. The number of fused-ring (bicyclic) bond motifs is 1. The lowest BCUT2D eigenvalue weighted by Gasteiger charge is -2.14. The second kappa shape index (κ2) is 8.23. The number of aryl methyl sites for hydroxylation is 3. The summed E-state index contributed by atoms with van der Waals surface area (Å²) in [5.41, 5.74) is 7.27. The van der Waals surface area contributed by atoms with Gasteiger partial charge in [-0.25, -0.2) is 5.01 Å². The molecule has 0 radical (unpaired) electrons. The summed E-state index contributed by atoms with van der Waals surface area (Å²) in [6.07, 6.45) is 5.26. The van der Waals surface area contributed by atoms with E-state index < -0.39 is 0 Å². The van der Waals surface area contributed by atoms with E-state index in [2.05, 4.69) is 10.7 Å². The molecule has 1 aliphatic rings. The smallest absolute Gasteiger partial charge is 0.268 e. The molecule has 1 aliphatic carbocycles. The highest BCUT2D eigenvalue weighted by Crippen LogP contribution is 2.37. The third-order valence-electron chi connectivity index (χ3n) is 4.83. The van der Waals surface area contributed by atoms with Crippen molar-refractivity contribution in [1.82, 2.24) is 10.4 Å². The van der Waals surface area contributed by atoms with Crippen molar-refractivity contribution in [2.24, 2.45) is 0 Å². The Morgan fingerprint density at radius 1 is 1.04 bits per heavy atom. The number of carbonyl (C=O) groups excluding carboxylic acids is 2. The van der Waals surface area contributed by atoms with Gasteiger partial charge in [0.1, 0.15) is 5.00 Å². The number of carbonyl (C=O) groups is 2. The van der Waals surface area contributed by atoms with Crippen LogP contribution in [0.4, 0.5) is 5.00 Å². The molecule has 2 N–H and O–H groups in total. The molecule has 0 atom stereocenters. The van der Waals surface area contributed by atoms with Crippen LogP contribution in [0.25, 0.3) is 0 Å². The SMILES string of the molecule is Cc1ccc(C(=O)Nc2sc3c(c2C(=O)NN(C)C)CCCCC3)c(C)c1. The number of anilines is 1. The van der Waals surface area contributed by atoms with Crippen molar-refractivity contribution in [3.8, 4) is 0 Å². The number of rotatable bonds is 4. The molecule has 0 unspecified atom stereocenters. The van der Waals surface area contributed by atoms with E-state index in [1.54, 1.807) is 30.4 Å². The number of amides is 2. The van der Waals surface area contributed by atoms with Gasteiger partial charge in [-0.15, -0.1) is 11.3 Å². The van der Waals surface area contributed by atoms with Gasteiger partial charge in [0, 0.05) is 24.5 Å². The van der Waals surface area contributed by atoms with Crippen LogP contribution in [0.3, 0.4) is 0 Å². The molecule has 2 aromatic rings. The van der Waals surface area contributed by atoms with Gasteiger partial charge in [-0.05, 0) is 56.7 Å². The monoisotopic (exact) mass is 385 g/mol. The van der Waals surface area contributed by atoms with Gasteiger partial charge in [0.15, 0.2) is 0 Å². The topological polar surface area (TPSA) is 61.4 Å². The van der Waals surface area contributed by atoms with Crippen molar-refractivity contribution in [3.05, 3.63) is 50.9 Å². The second-order valence-electron chi connectivity index (χ2n) is 7.38. The largest absolute Gasteiger partial charge is 0.313 e. The van der Waals surface area contributed by atoms with Crippen molar-refractivity contribution in [2.45, 2.75) is 46.0 Å². The number of thiophene rings is 1. The first-order valence-corrected chi connectivity index (χ1v) is 10.2. The third kappa shape index (κ3) is 4.39. The van der Waals surface area contributed by atoms with Crippen molar-refractivity contribution >= 4 is 28.2 Å². The third-order valence-corrected chi connectivity index (χ3v) is 6.03. The summed E-state index contributed by atoms with van der Waals surface area (Å²) < 4.78 is 0. The van der Waals surface area contributed by atoms with Crippen molar-refractivity contribution in [1.29, 1.82) is 0 Å². The number of benzene rings is 1. The summed E-state index contributed by atoms with van der Waals surface area (Å²) in [4.78, 5) is 27.0. The van der Waals surface area contributed by atoms with E-state index in [9.17, 15) is 9.59 Å². The van der Waals surface area contributed by atoms with Crippen LogP contribution in [0.15, 0.2) is 18.2 Å². The average molecular weight is 386 g/mol. The summed E-state index contributed by atoms with van der Waals surface area (Å²) in [5, 5.41) is 5.32. The molecule has 2 amide bonds. The lowest BCUT2D eigenvalue weighted by molar-refractivity contribution is 0.0857. The Labute approximate surface area is 164 Å². The molecule has 6 heteroatoms. The molecular formula is C21H27N3O2S. The molecular weight excluding hydrogens is 358 g/mol. The molecule has 3 rings (SSSR count). The highest BCUT2D eigenvalue weighted by molar-refractivity contribution is 7.17. The predicted octanol–water partition coefficient (Wildman–Crippen LogP) is 4.09. The maximum Gasteiger partial charge on any atom is 0.268 e. The molecule has 5 nitrogen and oxygen atoms in total. The summed E-state index contributed by atoms with van der Waals surface area (Å²) in [7, 11) is 3.58. The van der Waals surface area contributed by atoms with E-state index in [1.807, 2.05) is 32.0 Å². The van der Waals surface area contributed by atoms with Crippen LogP contribution in [0.2, 0.25) is 0 Å². The van der Waals surface area contributed by atoms with Gasteiger partial charge in [0.05, 0.1) is 5.56 Å². The summed E-state index contributed by atoms with van der Waals surface area (Å²) in [6, 6.07) is 5.78. The zero-order chi connectivity index (χ0) is 19.6. The summed E-state index contributed by atoms with van der Waals surface area (Å²) >= 11 is 1.55. The first-order valence-electron chi connectivity index (χ1n) is 9.38. The van der Waals surface area contributed by atoms with E-state index in [0.29, 0.717) is 16.1 Å². The van der Waals surface area contributed by atoms with Crippen LogP contribution >= 0.6 is 11.3 Å². The van der Waals surface area contributed by atoms with Gasteiger partial charge in [-0.1, -0.05) is 24.1 Å². The highest BCUT2D eigenvalue weighted by atomic mass is 32.1. The molecule has 27 heavy (non-hydrogen) atoms. The normalized spacial score (nSPS) is 13.8. The summed E-state index contributed by atoms with van der Waals surface area (Å²) in [6.45, 7) is 3.94. The van der Waals surface area contributed by atoms with Crippen LogP contribution in [0, 0.1) is 13.8 Å². The fraction of sp³-hybridized carbons (Fsp3) is 0.429. The first kappa shape index (κ1) is 19.6. The van der Waals surface area contributed by atoms with Gasteiger partial charge < -0.3 is 5.32 Å². The number of nitrogens with one attached hydrogen (secondary N) is 2. The van der Waals surface area contributed by atoms with Gasteiger partial charge in [-0.2, -0.15) is 0 Å². The standard InChI is InChI=1S/C21H27N3O2S/c1-13-10-11-15(14(2)12-13)19(25)22-21-18(20(26)23-24(3)4)16-8-6-5-7-9-17(16)27-21/h10-12H,5-9H2,1-4H3,(H,22,25)(H,23,26). The van der Waals surface area contributed by atoms with Gasteiger partial charge >= 0.3 is 0 Å². The van der Waals surface area contributed by atoms with Crippen LogP contribution in [-0.4, -0.2) is 30.9 Å². The lowest BCUT2D eigenvalue weighted by atomic mass is 10.0. The van der Waals surface area contributed by atoms with Crippen LogP contribution in [0.5, 0.6) is 0 Å². The van der Waals surface area contributed by atoms with E-state index in [4.69, 9.17) is 0 Å². The molecule has 0 saturated heterocycles. The van der Waals surface area contributed by atoms with Crippen molar-refractivity contribution < 1.29 is 9.59 Å². The molecule has 144 valence electrons. The number of hydrazine groups is 1. The Hall–Kier alpha value is -2.18. The van der Waals surface area contributed by atoms with Gasteiger partial charge in [0.2, 0.25) is 0 Å². The van der Waals surface area contributed by atoms with Crippen molar-refractivity contribution in [2.75, 3.05) is 19.4 Å². The van der Waals surface area contributed by atoms with E-state index in [0.717, 1.165) is 42.4 Å². The number of hydrogen-bond acceptors (Lipinski definition) is 4. The molecule has 0 saturated carbocycles. The fourth-order valence-corrected chi connectivity index (χ4v) is 4.85. The molecule has 0 aliphatic heterocycles. The Morgan fingerprint density at radius 2 is 1.78 bits per heavy atom. The maximum absolute atomic E-state index is 12.9. The predicted molar refractivity (Wildman–Crippen MR) is 111 cm³/mol. The lowest BCUT2D eigenvalue weighted by Crippen LogP contribution is -2.36. The Bertz CT molecular complexity index is 871. The number of hydrogen-bond donors (Lipinski definition) is 2. The van der Waals surface area contributed by atoms with E-state index in [1.165, 1.54) is 11.3 Å². The van der Waals surface area contributed by atoms with Crippen LogP contribution in [0.1, 0.15) is 61.5 Å². The van der Waals surface area contributed by atoms with Crippen LogP contribution < -0.4 is 10.7 Å². The molecule has 0 spiro atoms. The zero-order valence-corrected chi connectivity index (χ0v) is 17.3. The molecule has 1 heterocycles. The first-order chi connectivity index (χ1) is 12.9. The Balaban J connectivity index is 1.96. The molecule has 1 aromatic heterocycles. The Kier molecular flexibility index (Phi) is 5.97. The minimum atomic E-state index is -0.164. The van der Waals surface area contributed by atoms with Gasteiger partial charge in [-0.3, -0.25) is 15.0 Å². The quantitative estimate of drug-likeness (QED) is 0.615. The minimum absolute atomic E-state index is 0.157. The Morgan fingerprint density at radius 3 is 2.48 bits per heavy atom. The molecule has 0 fully saturated rings. The van der Waals surface area contributed by atoms with E-state index >= 15 is 0 Å². The number of nitrogens with zero attached hydrogens (tertiary/aromatic N) is 1. The minimum Gasteiger partial charge on any atom is -0.313 e. The average Bonchev–Trinajstić information content (AvgIpc) is 2.75. The fourth-order valence-electron chi connectivity index (χ4n) is 3.57. The van der Waals surface area contributed by atoms with Crippen molar-refractivity contribution in [3.63, 3.8) is 0 Å². The molecule has 1 aromatic carbocycles. The zero-order valence-electron chi connectivity index (χ0n) is 16.4.